The molecule has 126 valence electrons. The normalized spacial score (nSPS) is 11.8. The van der Waals surface area contributed by atoms with Gasteiger partial charge in [-0.15, -0.1) is 0 Å². The Morgan fingerprint density at radius 1 is 0.875 bits per heavy atom. The zero-order valence-corrected chi connectivity index (χ0v) is 14.4. The summed E-state index contributed by atoms with van der Waals surface area (Å²) >= 11 is 0. The molecule has 6 N–H and O–H groups in total. The van der Waals surface area contributed by atoms with Crippen molar-refractivity contribution in [2.45, 2.75) is 38.9 Å². The molecule has 0 aliphatic rings. The quantitative estimate of drug-likeness (QED) is 0.500. The van der Waals surface area contributed by atoms with E-state index >= 15 is 0 Å². The third kappa shape index (κ3) is 4.05. The molecule has 5 heteroatoms. The van der Waals surface area contributed by atoms with Crippen LogP contribution in [0.25, 0.3) is 0 Å². The van der Waals surface area contributed by atoms with Gasteiger partial charge in [0.05, 0.1) is 17.0 Å². The number of anilines is 2. The fourth-order valence-corrected chi connectivity index (χ4v) is 2.40. The summed E-state index contributed by atoms with van der Waals surface area (Å²) in [7, 11) is 0. The maximum Gasteiger partial charge on any atom is 0.103 e. The molecule has 1 aromatic heterocycles. The highest BCUT2D eigenvalue weighted by Crippen LogP contribution is 2.26. The number of nitrogens with two attached hydrogens (primary N) is 2. The summed E-state index contributed by atoms with van der Waals surface area (Å²) in [6.07, 6.45) is 1.57. The monoisotopic (exact) mass is 325 g/mol. The van der Waals surface area contributed by atoms with Crippen molar-refractivity contribution >= 4 is 11.4 Å². The number of aliphatic hydroxyl groups is 2. The zero-order chi connectivity index (χ0) is 18.1. The van der Waals surface area contributed by atoms with Gasteiger partial charge in [-0.25, -0.2) is 0 Å². The molecule has 0 radical (unpaired) electrons. The van der Waals surface area contributed by atoms with Gasteiger partial charge >= 0.3 is 0 Å². The number of pyridine rings is 1. The van der Waals surface area contributed by atoms with Gasteiger partial charge < -0.3 is 21.7 Å². The molecule has 0 amide bonds. The summed E-state index contributed by atoms with van der Waals surface area (Å²) in [6, 6.07) is 6.98. The van der Waals surface area contributed by atoms with Crippen LogP contribution in [0.2, 0.25) is 0 Å². The Kier molecular flexibility index (Phi) is 4.57. The van der Waals surface area contributed by atoms with E-state index < -0.39 is 11.2 Å². The average Bonchev–Trinajstić information content (AvgIpc) is 2.42. The van der Waals surface area contributed by atoms with Gasteiger partial charge in [0.1, 0.15) is 5.60 Å². The molecular formula is C19H23N3O2. The maximum absolute atomic E-state index is 10.0. The third-order valence-corrected chi connectivity index (χ3v) is 3.56. The second-order valence-corrected chi connectivity index (χ2v) is 6.83. The maximum atomic E-state index is 10.0. The predicted octanol–water partition coefficient (Wildman–Crippen LogP) is 2.10. The van der Waals surface area contributed by atoms with Crippen molar-refractivity contribution < 1.29 is 10.2 Å². The van der Waals surface area contributed by atoms with Gasteiger partial charge in [0.2, 0.25) is 0 Å². The van der Waals surface area contributed by atoms with E-state index in [0.717, 1.165) is 5.56 Å². The van der Waals surface area contributed by atoms with Gasteiger partial charge in [0.15, 0.2) is 0 Å². The van der Waals surface area contributed by atoms with Gasteiger partial charge in [-0.2, -0.15) is 0 Å². The topological polar surface area (TPSA) is 105 Å². The molecule has 0 fully saturated rings. The summed E-state index contributed by atoms with van der Waals surface area (Å²) in [6.45, 7) is 6.62. The van der Waals surface area contributed by atoms with Crippen LogP contribution < -0.4 is 11.5 Å². The summed E-state index contributed by atoms with van der Waals surface area (Å²) < 4.78 is 0. The van der Waals surface area contributed by atoms with E-state index in [-0.39, 0.29) is 0 Å². The van der Waals surface area contributed by atoms with Gasteiger partial charge in [-0.3, -0.25) is 4.98 Å². The van der Waals surface area contributed by atoms with Crippen molar-refractivity contribution in [1.82, 2.24) is 4.98 Å². The van der Waals surface area contributed by atoms with E-state index in [0.29, 0.717) is 28.2 Å². The molecule has 0 saturated heterocycles. The molecule has 1 aromatic carbocycles. The van der Waals surface area contributed by atoms with Crippen LogP contribution in [0, 0.1) is 11.8 Å². The summed E-state index contributed by atoms with van der Waals surface area (Å²) in [5.74, 6) is 5.97. The van der Waals surface area contributed by atoms with Gasteiger partial charge in [-0.1, -0.05) is 17.9 Å². The Morgan fingerprint density at radius 3 is 1.96 bits per heavy atom. The number of rotatable bonds is 2. The first-order chi connectivity index (χ1) is 11.0. The number of hydrogen-bond donors (Lipinski definition) is 4. The highest BCUT2D eigenvalue weighted by atomic mass is 16.3. The Hall–Kier alpha value is -2.55. The highest BCUT2D eigenvalue weighted by Gasteiger charge is 2.21. The largest absolute Gasteiger partial charge is 0.398 e. The van der Waals surface area contributed by atoms with E-state index in [9.17, 15) is 10.2 Å². The average molecular weight is 325 g/mol. The molecule has 0 atom stereocenters. The first kappa shape index (κ1) is 17.8. The van der Waals surface area contributed by atoms with Crippen LogP contribution in [0.3, 0.4) is 0 Å². The lowest BCUT2D eigenvalue weighted by atomic mass is 9.95. The van der Waals surface area contributed by atoms with Crippen LogP contribution in [0.4, 0.5) is 11.4 Å². The zero-order valence-electron chi connectivity index (χ0n) is 14.4. The predicted molar refractivity (Wildman–Crippen MR) is 96.0 cm³/mol. The number of hydrogen-bond acceptors (Lipinski definition) is 5. The molecule has 0 saturated carbocycles. The van der Waals surface area contributed by atoms with Gasteiger partial charge in [-0.05, 0) is 45.9 Å². The molecular weight excluding hydrogens is 302 g/mol. The second kappa shape index (κ2) is 6.16. The van der Waals surface area contributed by atoms with Crippen LogP contribution in [-0.4, -0.2) is 15.2 Å². The number of benzene rings is 1. The first-order valence-electron chi connectivity index (χ1n) is 7.61. The smallest absolute Gasteiger partial charge is 0.103 e. The van der Waals surface area contributed by atoms with E-state index in [4.69, 9.17) is 11.5 Å². The van der Waals surface area contributed by atoms with Gasteiger partial charge in [0.25, 0.3) is 0 Å². The lowest BCUT2D eigenvalue weighted by molar-refractivity contribution is 0.0746. The molecule has 2 aromatic rings. The van der Waals surface area contributed by atoms with E-state index in [1.807, 2.05) is 0 Å². The molecule has 24 heavy (non-hydrogen) atoms. The lowest BCUT2D eigenvalue weighted by Gasteiger charge is -2.19. The van der Waals surface area contributed by atoms with E-state index in [1.54, 1.807) is 58.2 Å². The van der Waals surface area contributed by atoms with Crippen molar-refractivity contribution in [1.29, 1.82) is 0 Å². The number of nitrogens with zero attached hydrogens (tertiary/aromatic N) is 1. The van der Waals surface area contributed by atoms with Crippen molar-refractivity contribution in [2.24, 2.45) is 0 Å². The number of aromatic nitrogens is 1. The van der Waals surface area contributed by atoms with Gasteiger partial charge in [0, 0.05) is 28.6 Å². The van der Waals surface area contributed by atoms with Crippen LogP contribution in [-0.2, 0) is 11.2 Å². The van der Waals surface area contributed by atoms with Crippen LogP contribution in [0.15, 0.2) is 30.5 Å². The molecule has 5 nitrogen and oxygen atoms in total. The molecule has 0 aliphatic carbocycles. The SMILES string of the molecule is CC(C)(O)c1ccc(C#Cc2cnc(C(C)(C)O)c(N)c2)cc1N. The summed E-state index contributed by atoms with van der Waals surface area (Å²) in [5, 5.41) is 20.0. The van der Waals surface area contributed by atoms with E-state index in [1.165, 1.54) is 0 Å². The number of nitrogen functional groups attached to an aromatic ring is 2. The van der Waals surface area contributed by atoms with E-state index in [2.05, 4.69) is 16.8 Å². The Balaban J connectivity index is 2.31. The molecule has 0 spiro atoms. The molecule has 0 aliphatic heterocycles. The summed E-state index contributed by atoms with van der Waals surface area (Å²) in [5.41, 5.74) is 13.2. The van der Waals surface area contributed by atoms with Crippen LogP contribution in [0.5, 0.6) is 0 Å². The molecule has 0 unspecified atom stereocenters. The highest BCUT2D eigenvalue weighted by molar-refractivity contribution is 5.57. The van der Waals surface area contributed by atoms with Crippen molar-refractivity contribution in [3.63, 3.8) is 0 Å². The van der Waals surface area contributed by atoms with Crippen molar-refractivity contribution in [2.75, 3.05) is 11.5 Å². The first-order valence-corrected chi connectivity index (χ1v) is 7.61. The Morgan fingerprint density at radius 2 is 1.46 bits per heavy atom. The standard InChI is InChI=1S/C19H23N3O2/c1-18(2,23)14-8-7-12(9-15(14)20)5-6-13-10-16(21)17(22-11-13)19(3,4)24/h7-11,23-24H,20-21H2,1-4H3. The van der Waals surface area contributed by atoms with Crippen LogP contribution >= 0.6 is 0 Å². The minimum Gasteiger partial charge on any atom is -0.398 e. The van der Waals surface area contributed by atoms with Crippen molar-refractivity contribution in [3.05, 3.63) is 52.8 Å². The van der Waals surface area contributed by atoms with Crippen LogP contribution in [0.1, 0.15) is 50.1 Å². The Bertz CT molecular complexity index is 752. The Labute approximate surface area is 142 Å². The second-order valence-electron chi connectivity index (χ2n) is 6.83. The fourth-order valence-electron chi connectivity index (χ4n) is 2.40. The molecule has 0 bridgehead atoms. The summed E-state index contributed by atoms with van der Waals surface area (Å²) in [4.78, 5) is 4.19. The third-order valence-electron chi connectivity index (χ3n) is 3.56. The lowest BCUT2D eigenvalue weighted by Crippen LogP contribution is -2.19. The molecule has 2 rings (SSSR count). The minimum absolute atomic E-state index is 0.395. The molecule has 1 heterocycles. The minimum atomic E-state index is -1.10. The fraction of sp³-hybridized carbons (Fsp3) is 0.316. The van der Waals surface area contributed by atoms with Crippen molar-refractivity contribution in [3.8, 4) is 11.8 Å².